The van der Waals surface area contributed by atoms with Crippen LogP contribution in [-0.4, -0.2) is 56.4 Å². The number of carbonyl (C=O) groups is 1. The number of benzene rings is 3. The Bertz CT molecular complexity index is 1840. The number of halogens is 1. The number of rotatable bonds is 11. The second kappa shape index (κ2) is 12.2. The molecule has 42 heavy (non-hydrogen) atoms. The number of aromatic nitrogens is 6. The van der Waals surface area contributed by atoms with Crippen molar-refractivity contribution in [3.05, 3.63) is 77.8 Å². The zero-order valence-corrected chi connectivity index (χ0v) is 23.3. The van der Waals surface area contributed by atoms with Gasteiger partial charge in [-0.15, -0.1) is 10.2 Å². The molecule has 0 aliphatic carbocycles. The van der Waals surface area contributed by atoms with E-state index in [1.807, 2.05) is 72.8 Å². The SMILES string of the molecule is CONc1ccc(NCCCNC(=O)Cn2nc(-c3ccccc3)c3c(Cl)c(-c4ccccc4)nnc32)c2nonc12. The highest BCUT2D eigenvalue weighted by molar-refractivity contribution is 6.38. The quantitative estimate of drug-likeness (QED) is 0.142. The van der Waals surface area contributed by atoms with Gasteiger partial charge >= 0.3 is 0 Å². The lowest BCUT2D eigenvalue weighted by molar-refractivity contribution is -0.121. The Labute approximate surface area is 244 Å². The summed E-state index contributed by atoms with van der Waals surface area (Å²) >= 11 is 6.92. The van der Waals surface area contributed by atoms with Crippen molar-refractivity contribution in [2.75, 3.05) is 31.0 Å². The van der Waals surface area contributed by atoms with Gasteiger partial charge in [-0.05, 0) is 28.9 Å². The van der Waals surface area contributed by atoms with Gasteiger partial charge in [0.15, 0.2) is 16.7 Å². The third-order valence-corrected chi connectivity index (χ3v) is 6.97. The van der Waals surface area contributed by atoms with Crippen LogP contribution in [0.1, 0.15) is 6.42 Å². The van der Waals surface area contributed by atoms with E-state index < -0.39 is 0 Å². The molecule has 3 aromatic carbocycles. The van der Waals surface area contributed by atoms with Gasteiger partial charge in [0.2, 0.25) is 5.91 Å². The fraction of sp³-hybridized carbons (Fsp3) is 0.172. The molecule has 0 unspecified atom stereocenters. The minimum atomic E-state index is -0.206. The van der Waals surface area contributed by atoms with E-state index in [2.05, 4.69) is 36.6 Å². The summed E-state index contributed by atoms with van der Waals surface area (Å²) in [5.41, 5.74) is 8.64. The van der Waals surface area contributed by atoms with Crippen molar-refractivity contribution in [1.29, 1.82) is 0 Å². The number of hydrogen-bond donors (Lipinski definition) is 3. The smallest absolute Gasteiger partial charge is 0.241 e. The van der Waals surface area contributed by atoms with Gasteiger partial charge in [-0.25, -0.2) is 9.31 Å². The highest BCUT2D eigenvalue weighted by Gasteiger charge is 2.22. The zero-order valence-electron chi connectivity index (χ0n) is 22.5. The van der Waals surface area contributed by atoms with E-state index >= 15 is 0 Å². The average molecular weight is 584 g/mol. The second-order valence-corrected chi connectivity index (χ2v) is 9.74. The van der Waals surface area contributed by atoms with Gasteiger partial charge in [-0.2, -0.15) is 5.10 Å². The Morgan fingerprint density at radius 2 is 1.55 bits per heavy atom. The summed E-state index contributed by atoms with van der Waals surface area (Å²) < 4.78 is 6.43. The molecule has 0 aliphatic rings. The molecule has 0 bridgehead atoms. The van der Waals surface area contributed by atoms with Gasteiger partial charge in [0, 0.05) is 24.2 Å². The van der Waals surface area contributed by atoms with Crippen molar-refractivity contribution < 1.29 is 14.3 Å². The molecule has 6 aromatic rings. The minimum Gasteiger partial charge on any atom is -0.383 e. The van der Waals surface area contributed by atoms with Crippen molar-refractivity contribution in [2.24, 2.45) is 0 Å². The first kappa shape index (κ1) is 27.1. The standard InChI is InChI=1S/C29H26ClN9O3/c1-41-36-21-14-13-20(27-28(21)38-42-37-27)31-15-8-16-32-22(40)17-39-29-23(25(35-39)18-9-4-2-5-10-18)24(30)26(33-34-29)19-11-6-3-7-12-19/h2-7,9-14,31,36H,8,15-17H2,1H3,(H,32,40). The van der Waals surface area contributed by atoms with Gasteiger partial charge in [0.25, 0.3) is 0 Å². The van der Waals surface area contributed by atoms with E-state index in [4.69, 9.17) is 26.2 Å². The third-order valence-electron chi connectivity index (χ3n) is 6.60. The van der Waals surface area contributed by atoms with E-state index in [-0.39, 0.29) is 12.5 Å². The van der Waals surface area contributed by atoms with Crippen LogP contribution in [-0.2, 0) is 16.2 Å². The molecule has 6 rings (SSSR count). The largest absolute Gasteiger partial charge is 0.383 e. The number of carbonyl (C=O) groups excluding carboxylic acids is 1. The normalized spacial score (nSPS) is 11.2. The molecule has 1 amide bonds. The van der Waals surface area contributed by atoms with Crippen LogP contribution in [0.5, 0.6) is 0 Å². The first-order valence-corrected chi connectivity index (χ1v) is 13.6. The van der Waals surface area contributed by atoms with Crippen molar-refractivity contribution in [3.8, 4) is 22.5 Å². The highest BCUT2D eigenvalue weighted by Crippen LogP contribution is 2.37. The first-order valence-electron chi connectivity index (χ1n) is 13.2. The lowest BCUT2D eigenvalue weighted by atomic mass is 10.1. The average Bonchev–Trinajstić information content (AvgIpc) is 3.66. The van der Waals surface area contributed by atoms with Gasteiger partial charge < -0.3 is 10.6 Å². The summed E-state index contributed by atoms with van der Waals surface area (Å²) in [5.74, 6) is -0.206. The Kier molecular flexibility index (Phi) is 7.88. The van der Waals surface area contributed by atoms with Gasteiger partial charge in [0.1, 0.15) is 17.9 Å². The van der Waals surface area contributed by atoms with E-state index in [1.165, 1.54) is 7.11 Å². The summed E-state index contributed by atoms with van der Waals surface area (Å²) in [6.45, 7) is 1.00. The maximum Gasteiger partial charge on any atom is 0.241 e. The van der Waals surface area contributed by atoms with E-state index in [0.29, 0.717) is 63.7 Å². The van der Waals surface area contributed by atoms with E-state index in [1.54, 1.807) is 4.68 Å². The van der Waals surface area contributed by atoms with Crippen molar-refractivity contribution >= 4 is 50.9 Å². The number of nitrogens with zero attached hydrogens (tertiary/aromatic N) is 6. The number of amides is 1. The summed E-state index contributed by atoms with van der Waals surface area (Å²) in [6.07, 6.45) is 0.664. The molecule has 212 valence electrons. The zero-order chi connectivity index (χ0) is 28.9. The van der Waals surface area contributed by atoms with Crippen LogP contribution in [0.15, 0.2) is 77.4 Å². The van der Waals surface area contributed by atoms with Crippen LogP contribution in [0.25, 0.3) is 44.6 Å². The Morgan fingerprint density at radius 1 is 0.881 bits per heavy atom. The molecule has 0 spiro atoms. The fourth-order valence-electron chi connectivity index (χ4n) is 4.64. The van der Waals surface area contributed by atoms with Gasteiger partial charge in [-0.1, -0.05) is 72.3 Å². The molecule has 13 heteroatoms. The van der Waals surface area contributed by atoms with Crippen molar-refractivity contribution in [2.45, 2.75) is 13.0 Å². The number of nitrogens with one attached hydrogen (secondary N) is 3. The molecular weight excluding hydrogens is 558 g/mol. The molecule has 0 atom stereocenters. The Morgan fingerprint density at radius 3 is 2.26 bits per heavy atom. The summed E-state index contributed by atoms with van der Waals surface area (Å²) in [6, 6.07) is 23.0. The third kappa shape index (κ3) is 5.45. The van der Waals surface area contributed by atoms with E-state index in [0.717, 1.165) is 16.8 Å². The molecule has 0 aliphatic heterocycles. The molecule has 0 radical (unpaired) electrons. The van der Waals surface area contributed by atoms with Crippen LogP contribution >= 0.6 is 11.6 Å². The molecular formula is C29H26ClN9O3. The highest BCUT2D eigenvalue weighted by atomic mass is 35.5. The molecule has 3 aromatic heterocycles. The van der Waals surface area contributed by atoms with Crippen LogP contribution in [0.4, 0.5) is 11.4 Å². The van der Waals surface area contributed by atoms with Crippen LogP contribution < -0.4 is 16.1 Å². The van der Waals surface area contributed by atoms with Gasteiger partial charge in [-0.3, -0.25) is 15.1 Å². The Hall–Kier alpha value is -5.07. The summed E-state index contributed by atoms with van der Waals surface area (Å²) in [4.78, 5) is 17.9. The van der Waals surface area contributed by atoms with Crippen LogP contribution in [0, 0.1) is 0 Å². The lowest BCUT2D eigenvalue weighted by Gasteiger charge is -2.09. The van der Waals surface area contributed by atoms with Crippen LogP contribution in [0.3, 0.4) is 0 Å². The Balaban J connectivity index is 1.14. The number of fused-ring (bicyclic) bond motifs is 2. The summed E-state index contributed by atoms with van der Waals surface area (Å²) in [5, 5.41) is 28.8. The van der Waals surface area contributed by atoms with Crippen molar-refractivity contribution in [1.82, 2.24) is 35.6 Å². The fourth-order valence-corrected chi connectivity index (χ4v) is 4.96. The minimum absolute atomic E-state index is 0.0361. The molecule has 0 saturated carbocycles. The van der Waals surface area contributed by atoms with Crippen LogP contribution in [0.2, 0.25) is 5.02 Å². The number of hydrogen-bond acceptors (Lipinski definition) is 10. The topological polar surface area (TPSA) is 145 Å². The summed E-state index contributed by atoms with van der Waals surface area (Å²) in [7, 11) is 1.52. The molecule has 0 fully saturated rings. The van der Waals surface area contributed by atoms with Gasteiger partial charge in [0.05, 0.1) is 28.9 Å². The molecule has 3 N–H and O–H groups in total. The maximum absolute atomic E-state index is 12.9. The van der Waals surface area contributed by atoms with Crippen molar-refractivity contribution in [3.63, 3.8) is 0 Å². The maximum atomic E-state index is 12.9. The first-order chi connectivity index (χ1) is 20.6. The number of anilines is 2. The lowest BCUT2D eigenvalue weighted by Crippen LogP contribution is -2.29. The van der Waals surface area contributed by atoms with E-state index in [9.17, 15) is 4.79 Å². The predicted molar refractivity (Wildman–Crippen MR) is 160 cm³/mol. The monoisotopic (exact) mass is 583 g/mol. The molecule has 3 heterocycles. The molecule has 12 nitrogen and oxygen atoms in total. The predicted octanol–water partition coefficient (Wildman–Crippen LogP) is 4.94. The molecule has 0 saturated heterocycles. The second-order valence-electron chi connectivity index (χ2n) is 9.36.